The van der Waals surface area contributed by atoms with Gasteiger partial charge in [0.1, 0.15) is 5.69 Å². The predicted molar refractivity (Wildman–Crippen MR) is 96.6 cm³/mol. The Hall–Kier alpha value is -3.70. The molecule has 0 unspecified atom stereocenters. The maximum atomic E-state index is 12.7. The summed E-state index contributed by atoms with van der Waals surface area (Å²) in [5, 5.41) is 7.93. The number of hydrogen-bond donors (Lipinski definition) is 0. The van der Waals surface area contributed by atoms with Crippen LogP contribution in [0.1, 0.15) is 5.56 Å². The second-order valence-electron chi connectivity index (χ2n) is 6.47. The third-order valence-electron chi connectivity index (χ3n) is 4.66. The lowest BCUT2D eigenvalue weighted by Crippen LogP contribution is -2.37. The molecule has 1 aromatic carbocycles. The smallest absolute Gasteiger partial charge is 0.306 e. The number of halogens is 3. The van der Waals surface area contributed by atoms with E-state index in [9.17, 15) is 22.8 Å². The second kappa shape index (κ2) is 6.15. The first-order valence-corrected chi connectivity index (χ1v) is 8.32. The summed E-state index contributed by atoms with van der Waals surface area (Å²) in [4.78, 5) is 28.9. The van der Waals surface area contributed by atoms with Gasteiger partial charge in [-0.1, -0.05) is 17.3 Å². The van der Waals surface area contributed by atoms with Gasteiger partial charge in [-0.25, -0.2) is 4.79 Å². The van der Waals surface area contributed by atoms with Crippen LogP contribution in [0, 0.1) is 0 Å². The van der Waals surface area contributed by atoms with Crippen LogP contribution in [0.4, 0.5) is 13.2 Å². The third-order valence-corrected chi connectivity index (χ3v) is 4.66. The van der Waals surface area contributed by atoms with Crippen LogP contribution < -0.4 is 11.2 Å². The highest BCUT2D eigenvalue weighted by Crippen LogP contribution is 2.30. The zero-order chi connectivity index (χ0) is 21.1. The molecule has 0 atom stereocenters. The van der Waals surface area contributed by atoms with Gasteiger partial charge in [0, 0.05) is 26.7 Å². The van der Waals surface area contributed by atoms with Gasteiger partial charge in [-0.3, -0.25) is 13.9 Å². The van der Waals surface area contributed by atoms with Crippen LogP contribution in [0.5, 0.6) is 0 Å². The van der Waals surface area contributed by atoms with Crippen molar-refractivity contribution in [2.45, 2.75) is 6.18 Å². The van der Waals surface area contributed by atoms with Gasteiger partial charge in [0.15, 0.2) is 11.2 Å². The molecule has 9 nitrogen and oxygen atoms in total. The van der Waals surface area contributed by atoms with E-state index >= 15 is 0 Å². The average Bonchev–Trinajstić information content (AvgIpc) is 3.29. The van der Waals surface area contributed by atoms with Crippen LogP contribution in [0.15, 0.2) is 40.1 Å². The molecule has 0 N–H and O–H groups in total. The Morgan fingerprint density at radius 2 is 1.59 bits per heavy atom. The molecule has 0 fully saturated rings. The van der Waals surface area contributed by atoms with Crippen LogP contribution in [-0.2, 0) is 27.3 Å². The van der Waals surface area contributed by atoms with E-state index in [-0.39, 0.29) is 17.1 Å². The number of nitrogens with zero attached hydrogens (tertiary/aromatic N) is 7. The van der Waals surface area contributed by atoms with Crippen LogP contribution in [0.3, 0.4) is 0 Å². The normalized spacial score (nSPS) is 12.1. The molecule has 0 saturated heterocycles. The van der Waals surface area contributed by atoms with Gasteiger partial charge >= 0.3 is 11.9 Å². The van der Waals surface area contributed by atoms with Gasteiger partial charge in [0.05, 0.1) is 11.8 Å². The zero-order valence-electron chi connectivity index (χ0n) is 15.5. The first-order valence-electron chi connectivity index (χ1n) is 8.32. The summed E-state index contributed by atoms with van der Waals surface area (Å²) in [5.74, 6) is 0.226. The standard InChI is InChI=1S/C17H14F3N7O2/c1-24-12-13(25(2)16(29)26(3)14(12)28)21-15(24)27-8-11(22-23-27)9-4-6-10(7-5-9)17(18,19)20/h4-8H,1-3H3. The lowest BCUT2D eigenvalue weighted by Gasteiger charge is -2.06. The third kappa shape index (κ3) is 2.83. The quantitative estimate of drug-likeness (QED) is 0.500. The molecule has 3 heterocycles. The highest BCUT2D eigenvalue weighted by atomic mass is 19.4. The fourth-order valence-corrected chi connectivity index (χ4v) is 3.04. The van der Waals surface area contributed by atoms with Gasteiger partial charge in [-0.2, -0.15) is 22.8 Å². The minimum absolute atomic E-state index is 0.183. The fraction of sp³-hybridized carbons (Fsp3) is 0.235. The van der Waals surface area contributed by atoms with Gasteiger partial charge in [-0.05, 0) is 12.1 Å². The number of alkyl halides is 3. The van der Waals surface area contributed by atoms with Gasteiger partial charge in [0.25, 0.3) is 5.56 Å². The van der Waals surface area contributed by atoms with Crippen molar-refractivity contribution in [1.29, 1.82) is 0 Å². The van der Waals surface area contributed by atoms with E-state index in [1.165, 1.54) is 46.2 Å². The molecule has 4 rings (SSSR count). The zero-order valence-corrected chi connectivity index (χ0v) is 15.5. The maximum Gasteiger partial charge on any atom is 0.416 e. The first kappa shape index (κ1) is 18.7. The van der Waals surface area contributed by atoms with Crippen LogP contribution in [0.2, 0.25) is 0 Å². The summed E-state index contributed by atoms with van der Waals surface area (Å²) in [6.45, 7) is 0. The lowest BCUT2D eigenvalue weighted by atomic mass is 10.1. The van der Waals surface area contributed by atoms with Crippen molar-refractivity contribution in [2.75, 3.05) is 0 Å². The van der Waals surface area contributed by atoms with E-state index in [1.54, 1.807) is 7.05 Å². The summed E-state index contributed by atoms with van der Waals surface area (Å²) >= 11 is 0. The van der Waals surface area contributed by atoms with Crippen molar-refractivity contribution in [3.05, 3.63) is 56.9 Å². The summed E-state index contributed by atoms with van der Waals surface area (Å²) in [5.41, 5.74) is -0.637. The molecular weight excluding hydrogens is 391 g/mol. The lowest BCUT2D eigenvalue weighted by molar-refractivity contribution is -0.137. The molecule has 0 radical (unpaired) electrons. The number of aryl methyl sites for hydroxylation is 2. The Balaban J connectivity index is 1.81. The van der Waals surface area contributed by atoms with Crippen molar-refractivity contribution in [1.82, 2.24) is 33.7 Å². The van der Waals surface area contributed by atoms with Crippen molar-refractivity contribution in [3.8, 4) is 17.2 Å². The number of fused-ring (bicyclic) bond motifs is 1. The number of benzene rings is 1. The highest BCUT2D eigenvalue weighted by Gasteiger charge is 2.30. The Morgan fingerprint density at radius 3 is 2.21 bits per heavy atom. The monoisotopic (exact) mass is 405 g/mol. The molecule has 0 bridgehead atoms. The average molecular weight is 405 g/mol. The molecule has 0 aliphatic carbocycles. The van der Waals surface area contributed by atoms with Crippen LogP contribution >= 0.6 is 0 Å². The predicted octanol–water partition coefficient (Wildman–Crippen LogP) is 1.24. The number of aromatic nitrogens is 7. The minimum Gasteiger partial charge on any atom is -0.306 e. The van der Waals surface area contributed by atoms with Crippen molar-refractivity contribution < 1.29 is 13.2 Å². The maximum absolute atomic E-state index is 12.7. The summed E-state index contributed by atoms with van der Waals surface area (Å²) in [6, 6.07) is 4.52. The van der Waals surface area contributed by atoms with E-state index in [4.69, 9.17) is 0 Å². The second-order valence-corrected chi connectivity index (χ2v) is 6.47. The molecule has 0 aliphatic heterocycles. The molecule has 3 aromatic heterocycles. The summed E-state index contributed by atoms with van der Waals surface area (Å²) < 4.78 is 43.1. The Kier molecular flexibility index (Phi) is 3.96. The molecular formula is C17H14F3N7O2. The van der Waals surface area contributed by atoms with E-state index in [0.29, 0.717) is 11.3 Å². The van der Waals surface area contributed by atoms with Crippen molar-refractivity contribution in [3.63, 3.8) is 0 Å². The number of hydrogen-bond acceptors (Lipinski definition) is 5. The van der Waals surface area contributed by atoms with Gasteiger partial charge in [-0.15, -0.1) is 5.10 Å². The molecule has 0 aliphatic rings. The van der Waals surface area contributed by atoms with Gasteiger partial charge in [0.2, 0.25) is 5.95 Å². The largest absolute Gasteiger partial charge is 0.416 e. The van der Waals surface area contributed by atoms with E-state index in [0.717, 1.165) is 16.7 Å². The highest BCUT2D eigenvalue weighted by molar-refractivity contribution is 5.72. The Labute approximate surface area is 160 Å². The van der Waals surface area contributed by atoms with Gasteiger partial charge < -0.3 is 4.57 Å². The Bertz CT molecular complexity index is 1360. The number of imidazole rings is 1. The molecule has 4 aromatic rings. The summed E-state index contributed by atoms with van der Waals surface area (Å²) in [7, 11) is 4.46. The van der Waals surface area contributed by atoms with E-state index in [1.807, 2.05) is 0 Å². The molecule has 29 heavy (non-hydrogen) atoms. The molecule has 150 valence electrons. The molecule has 0 amide bonds. The van der Waals surface area contributed by atoms with E-state index < -0.39 is 23.0 Å². The first-order chi connectivity index (χ1) is 13.6. The van der Waals surface area contributed by atoms with Crippen LogP contribution in [0.25, 0.3) is 28.4 Å². The summed E-state index contributed by atoms with van der Waals surface area (Å²) in [6.07, 6.45) is -2.95. The fourth-order valence-electron chi connectivity index (χ4n) is 3.04. The van der Waals surface area contributed by atoms with Crippen molar-refractivity contribution in [2.24, 2.45) is 21.1 Å². The number of rotatable bonds is 2. The van der Waals surface area contributed by atoms with Crippen LogP contribution in [-0.4, -0.2) is 33.7 Å². The molecule has 0 spiro atoms. The van der Waals surface area contributed by atoms with Crippen molar-refractivity contribution >= 4 is 11.2 Å². The topological polar surface area (TPSA) is 92.5 Å². The Morgan fingerprint density at radius 1 is 0.931 bits per heavy atom. The van der Waals surface area contributed by atoms with E-state index in [2.05, 4.69) is 15.3 Å². The molecule has 0 saturated carbocycles. The SMILES string of the molecule is Cn1c(=O)c2c(nc(-n3cc(-c4ccc(C(F)(F)F)cc4)nn3)n2C)n(C)c1=O. The molecule has 12 heteroatoms. The minimum atomic E-state index is -4.43.